The number of halogens is 3. The number of rotatable bonds is 4. The molecular weight excluding hydrogens is 350 g/mol. The standard InChI is InChI=1S/C13H9BrF2N2O3/c14-8-1-2-12(19)7(3-8)6-17-13-10(16)4-9(15)5-11(13)18(20)21/h1-5,17,19H,6H2. The molecule has 110 valence electrons. The highest BCUT2D eigenvalue weighted by Gasteiger charge is 2.20. The fraction of sp³-hybridized carbons (Fsp3) is 0.0769. The molecule has 0 saturated heterocycles. The highest BCUT2D eigenvalue weighted by Crippen LogP contribution is 2.30. The Hall–Kier alpha value is -2.22. The predicted molar refractivity (Wildman–Crippen MR) is 76.1 cm³/mol. The van der Waals surface area contributed by atoms with Crippen molar-refractivity contribution < 1.29 is 18.8 Å². The van der Waals surface area contributed by atoms with Gasteiger partial charge in [0.05, 0.1) is 11.0 Å². The highest BCUT2D eigenvalue weighted by molar-refractivity contribution is 9.10. The van der Waals surface area contributed by atoms with E-state index >= 15 is 0 Å². The van der Waals surface area contributed by atoms with Crippen LogP contribution in [0, 0.1) is 21.7 Å². The van der Waals surface area contributed by atoms with Crippen LogP contribution < -0.4 is 5.32 Å². The highest BCUT2D eigenvalue weighted by atomic mass is 79.9. The van der Waals surface area contributed by atoms with Crippen LogP contribution in [-0.2, 0) is 6.54 Å². The monoisotopic (exact) mass is 358 g/mol. The normalized spacial score (nSPS) is 10.4. The number of anilines is 1. The number of nitrogens with zero attached hydrogens (tertiary/aromatic N) is 1. The van der Waals surface area contributed by atoms with Gasteiger partial charge < -0.3 is 10.4 Å². The molecule has 0 spiro atoms. The van der Waals surface area contributed by atoms with Crippen molar-refractivity contribution in [3.05, 3.63) is 62.1 Å². The first-order chi connectivity index (χ1) is 9.88. The second kappa shape index (κ2) is 6.04. The van der Waals surface area contributed by atoms with Gasteiger partial charge in [-0.3, -0.25) is 10.1 Å². The molecular formula is C13H9BrF2N2O3. The van der Waals surface area contributed by atoms with E-state index in [1.54, 1.807) is 12.1 Å². The average Bonchev–Trinajstić information content (AvgIpc) is 2.40. The van der Waals surface area contributed by atoms with Gasteiger partial charge in [0.15, 0.2) is 5.82 Å². The van der Waals surface area contributed by atoms with Crippen molar-refractivity contribution in [2.45, 2.75) is 6.54 Å². The van der Waals surface area contributed by atoms with Crippen molar-refractivity contribution in [1.82, 2.24) is 0 Å². The largest absolute Gasteiger partial charge is 0.508 e. The Morgan fingerprint density at radius 2 is 2.00 bits per heavy atom. The zero-order chi connectivity index (χ0) is 15.6. The Morgan fingerprint density at radius 3 is 2.67 bits per heavy atom. The molecule has 0 aliphatic heterocycles. The first-order valence-corrected chi connectivity index (χ1v) is 6.52. The molecule has 0 aliphatic carbocycles. The Labute approximate surface area is 126 Å². The second-order valence-corrected chi connectivity index (χ2v) is 5.08. The predicted octanol–water partition coefficient (Wildman–Crippen LogP) is 3.95. The van der Waals surface area contributed by atoms with E-state index in [9.17, 15) is 24.0 Å². The summed E-state index contributed by atoms with van der Waals surface area (Å²) in [6, 6.07) is 5.80. The van der Waals surface area contributed by atoms with Gasteiger partial charge in [-0.25, -0.2) is 8.78 Å². The smallest absolute Gasteiger partial charge is 0.298 e. The van der Waals surface area contributed by atoms with Crippen molar-refractivity contribution in [1.29, 1.82) is 0 Å². The zero-order valence-electron chi connectivity index (χ0n) is 10.4. The maximum atomic E-state index is 13.7. The van der Waals surface area contributed by atoms with Crippen LogP contribution in [0.2, 0.25) is 0 Å². The van der Waals surface area contributed by atoms with Crippen molar-refractivity contribution in [2.75, 3.05) is 5.32 Å². The summed E-state index contributed by atoms with van der Waals surface area (Å²) in [6.45, 7) is -0.0608. The van der Waals surface area contributed by atoms with E-state index in [-0.39, 0.29) is 12.3 Å². The third-order valence-electron chi connectivity index (χ3n) is 2.73. The van der Waals surface area contributed by atoms with Crippen molar-refractivity contribution in [3.8, 4) is 5.75 Å². The number of hydrogen-bond acceptors (Lipinski definition) is 4. The molecule has 0 saturated carbocycles. The summed E-state index contributed by atoms with van der Waals surface area (Å²) in [4.78, 5) is 9.95. The molecule has 0 atom stereocenters. The van der Waals surface area contributed by atoms with Crippen LogP contribution in [0.3, 0.4) is 0 Å². The quantitative estimate of drug-likeness (QED) is 0.640. The van der Waals surface area contributed by atoms with Crippen LogP contribution in [-0.4, -0.2) is 10.0 Å². The average molecular weight is 359 g/mol. The van der Waals surface area contributed by atoms with Gasteiger partial charge in [0, 0.05) is 22.6 Å². The maximum Gasteiger partial charge on any atom is 0.298 e. The fourth-order valence-electron chi connectivity index (χ4n) is 1.76. The van der Waals surface area contributed by atoms with Gasteiger partial charge in [0.1, 0.15) is 17.3 Å². The molecule has 0 radical (unpaired) electrons. The van der Waals surface area contributed by atoms with E-state index in [0.717, 1.165) is 0 Å². The van der Waals surface area contributed by atoms with Gasteiger partial charge in [-0.15, -0.1) is 0 Å². The van der Waals surface area contributed by atoms with E-state index in [0.29, 0.717) is 22.2 Å². The summed E-state index contributed by atoms with van der Waals surface area (Å²) in [7, 11) is 0. The molecule has 5 nitrogen and oxygen atoms in total. The minimum Gasteiger partial charge on any atom is -0.508 e. The number of nitrogens with one attached hydrogen (secondary N) is 1. The third kappa shape index (κ3) is 3.46. The first-order valence-electron chi connectivity index (χ1n) is 5.73. The molecule has 2 rings (SSSR count). The summed E-state index contributed by atoms with van der Waals surface area (Å²) in [5, 5.41) is 23.0. The number of phenols is 1. The SMILES string of the molecule is O=[N+]([O-])c1cc(F)cc(F)c1NCc1cc(Br)ccc1O. The number of hydrogen-bond donors (Lipinski definition) is 2. The second-order valence-electron chi connectivity index (χ2n) is 4.17. The van der Waals surface area contributed by atoms with Crippen LogP contribution in [0.25, 0.3) is 0 Å². The summed E-state index contributed by atoms with van der Waals surface area (Å²) in [5.41, 5.74) is -0.731. The lowest BCUT2D eigenvalue weighted by Gasteiger charge is -2.10. The summed E-state index contributed by atoms with van der Waals surface area (Å²) >= 11 is 3.21. The molecule has 21 heavy (non-hydrogen) atoms. The van der Waals surface area contributed by atoms with E-state index in [4.69, 9.17) is 0 Å². The molecule has 0 aliphatic rings. The summed E-state index contributed by atoms with van der Waals surface area (Å²) in [5.74, 6) is -2.15. The third-order valence-corrected chi connectivity index (χ3v) is 3.22. The van der Waals surface area contributed by atoms with Gasteiger partial charge >= 0.3 is 0 Å². The topological polar surface area (TPSA) is 75.4 Å². The van der Waals surface area contributed by atoms with E-state index in [1.807, 2.05) is 0 Å². The van der Waals surface area contributed by atoms with Crippen LogP contribution in [0.4, 0.5) is 20.2 Å². The van der Waals surface area contributed by atoms with Crippen molar-refractivity contribution >= 4 is 27.3 Å². The van der Waals surface area contributed by atoms with Crippen LogP contribution >= 0.6 is 15.9 Å². The lowest BCUT2D eigenvalue weighted by Crippen LogP contribution is -2.06. The Morgan fingerprint density at radius 1 is 1.29 bits per heavy atom. The van der Waals surface area contributed by atoms with Gasteiger partial charge in [0.2, 0.25) is 0 Å². The Balaban J connectivity index is 2.32. The summed E-state index contributed by atoms with van der Waals surface area (Å²) < 4.78 is 27.4. The minimum absolute atomic E-state index is 0.0455. The molecule has 0 bridgehead atoms. The Bertz CT molecular complexity index is 710. The Kier molecular flexibility index (Phi) is 4.37. The minimum atomic E-state index is -1.07. The molecule has 0 fully saturated rings. The first kappa shape index (κ1) is 15.2. The van der Waals surface area contributed by atoms with Crippen molar-refractivity contribution in [3.63, 3.8) is 0 Å². The molecule has 2 aromatic rings. The zero-order valence-corrected chi connectivity index (χ0v) is 12.0. The van der Waals surface area contributed by atoms with Gasteiger partial charge in [-0.2, -0.15) is 0 Å². The van der Waals surface area contributed by atoms with Crippen molar-refractivity contribution in [2.24, 2.45) is 0 Å². The molecule has 2 N–H and O–H groups in total. The maximum absolute atomic E-state index is 13.7. The van der Waals surface area contributed by atoms with Gasteiger partial charge in [-0.05, 0) is 18.2 Å². The van der Waals surface area contributed by atoms with E-state index in [2.05, 4.69) is 21.2 Å². The van der Waals surface area contributed by atoms with E-state index < -0.39 is 27.9 Å². The van der Waals surface area contributed by atoms with E-state index in [1.165, 1.54) is 6.07 Å². The molecule has 8 heteroatoms. The van der Waals surface area contributed by atoms with Gasteiger partial charge in [0.25, 0.3) is 5.69 Å². The van der Waals surface area contributed by atoms with Crippen LogP contribution in [0.15, 0.2) is 34.8 Å². The molecule has 0 amide bonds. The lowest BCUT2D eigenvalue weighted by atomic mass is 10.2. The molecule has 0 aromatic heterocycles. The fourth-order valence-corrected chi connectivity index (χ4v) is 2.17. The number of aromatic hydroxyl groups is 1. The van der Waals surface area contributed by atoms with Crippen LogP contribution in [0.1, 0.15) is 5.56 Å². The molecule has 2 aromatic carbocycles. The lowest BCUT2D eigenvalue weighted by molar-refractivity contribution is -0.384. The molecule has 0 unspecified atom stereocenters. The number of phenolic OH excluding ortho intramolecular Hbond substituents is 1. The number of benzene rings is 2. The van der Waals surface area contributed by atoms with Gasteiger partial charge in [-0.1, -0.05) is 15.9 Å². The molecule has 0 heterocycles. The summed E-state index contributed by atoms with van der Waals surface area (Å²) in [6.07, 6.45) is 0. The number of nitro groups is 1. The number of nitro benzene ring substituents is 1. The van der Waals surface area contributed by atoms with Crippen LogP contribution in [0.5, 0.6) is 5.75 Å².